The van der Waals surface area contributed by atoms with E-state index in [2.05, 4.69) is 26.5 Å². The summed E-state index contributed by atoms with van der Waals surface area (Å²) in [5.74, 6) is 0.696. The number of alkyl halides is 3. The molecule has 1 atom stereocenters. The minimum absolute atomic E-state index is 0.179. The third-order valence-corrected chi connectivity index (χ3v) is 5.45. The van der Waals surface area contributed by atoms with Crippen molar-refractivity contribution in [1.29, 1.82) is 0 Å². The molecule has 0 fully saturated rings. The van der Waals surface area contributed by atoms with Gasteiger partial charge < -0.3 is 4.74 Å². The molecule has 1 aromatic carbocycles. The van der Waals surface area contributed by atoms with E-state index < -0.39 is 11.9 Å². The third-order valence-electron chi connectivity index (χ3n) is 4.02. The van der Waals surface area contributed by atoms with Gasteiger partial charge in [-0.1, -0.05) is 13.0 Å². The first-order valence-corrected chi connectivity index (χ1v) is 9.21. The van der Waals surface area contributed by atoms with E-state index in [1.807, 2.05) is 12.1 Å². The van der Waals surface area contributed by atoms with Gasteiger partial charge in [0, 0.05) is 21.3 Å². The molecule has 2 aromatic heterocycles. The fraction of sp³-hybridized carbons (Fsp3) is 0.278. The first kappa shape index (κ1) is 18.2. The number of aromatic nitrogens is 1. The van der Waals surface area contributed by atoms with Crippen LogP contribution in [0.3, 0.4) is 0 Å². The van der Waals surface area contributed by atoms with E-state index in [0.717, 1.165) is 22.5 Å². The highest BCUT2D eigenvalue weighted by Crippen LogP contribution is 2.31. The van der Waals surface area contributed by atoms with Crippen molar-refractivity contribution in [2.75, 3.05) is 0 Å². The van der Waals surface area contributed by atoms with E-state index in [0.29, 0.717) is 17.0 Å². The van der Waals surface area contributed by atoms with Gasteiger partial charge in [0.1, 0.15) is 18.1 Å². The summed E-state index contributed by atoms with van der Waals surface area (Å²) in [6.07, 6.45) is -3.46. The summed E-state index contributed by atoms with van der Waals surface area (Å²) in [4.78, 5) is 3.63. The van der Waals surface area contributed by atoms with Crippen LogP contribution < -0.4 is 10.0 Å². The molecule has 2 heterocycles. The molecule has 0 aliphatic carbocycles. The molecule has 0 amide bonds. The maximum atomic E-state index is 12.7. The summed E-state index contributed by atoms with van der Waals surface area (Å²) in [5, 5.41) is 4.44. The minimum atomic E-state index is -4.43. The SMILES string of the molecule is CCc1csc2cc(OCc3ccc(C(F)(F)F)nc3C)cc(P)c12. The van der Waals surface area contributed by atoms with Gasteiger partial charge in [-0.25, -0.2) is 4.98 Å². The van der Waals surface area contributed by atoms with Crippen LogP contribution in [0.1, 0.15) is 29.4 Å². The molecule has 132 valence electrons. The highest BCUT2D eigenvalue weighted by molar-refractivity contribution is 7.29. The predicted molar refractivity (Wildman–Crippen MR) is 98.9 cm³/mol. The van der Waals surface area contributed by atoms with Gasteiger partial charge in [-0.3, -0.25) is 0 Å². The number of pyridine rings is 1. The van der Waals surface area contributed by atoms with Crippen molar-refractivity contribution < 1.29 is 17.9 Å². The van der Waals surface area contributed by atoms with E-state index in [9.17, 15) is 13.2 Å². The lowest BCUT2D eigenvalue weighted by Gasteiger charge is -2.12. The first-order chi connectivity index (χ1) is 11.8. The Morgan fingerprint density at radius 3 is 2.60 bits per heavy atom. The quantitative estimate of drug-likeness (QED) is 0.573. The Kier molecular flexibility index (Phi) is 5.03. The van der Waals surface area contributed by atoms with Crippen LogP contribution in [-0.2, 0) is 19.2 Å². The maximum absolute atomic E-state index is 12.7. The summed E-state index contributed by atoms with van der Waals surface area (Å²) in [5.41, 5.74) is 1.39. The standard InChI is InChI=1S/C18H17F3NOPS/c1-3-11-9-25-15-7-13(6-14(24)17(11)15)23-8-12-4-5-16(18(19,20)21)22-10(12)2/h4-7,9H,3,8,24H2,1-2H3. The summed E-state index contributed by atoms with van der Waals surface area (Å²) in [7, 11) is 2.73. The molecule has 3 rings (SSSR count). The van der Waals surface area contributed by atoms with Crippen LogP contribution in [-0.4, -0.2) is 4.98 Å². The predicted octanol–water partition coefficient (Wildman–Crippen LogP) is 5.27. The number of nitrogens with zero attached hydrogens (tertiary/aromatic N) is 1. The zero-order valence-corrected chi connectivity index (χ0v) is 15.7. The van der Waals surface area contributed by atoms with Gasteiger partial charge in [0.25, 0.3) is 0 Å². The molecule has 0 spiro atoms. The molecule has 3 aromatic rings. The van der Waals surface area contributed by atoms with Gasteiger partial charge >= 0.3 is 6.18 Å². The summed E-state index contributed by atoms with van der Waals surface area (Å²) < 4.78 is 45.0. The number of thiophene rings is 1. The van der Waals surface area contributed by atoms with E-state index in [-0.39, 0.29) is 6.61 Å². The average Bonchev–Trinajstić information content (AvgIpc) is 2.96. The van der Waals surface area contributed by atoms with E-state index in [4.69, 9.17) is 4.74 Å². The van der Waals surface area contributed by atoms with Crippen molar-refractivity contribution in [2.24, 2.45) is 0 Å². The molecule has 7 heteroatoms. The van der Waals surface area contributed by atoms with Crippen LogP contribution in [0.15, 0.2) is 29.6 Å². The van der Waals surface area contributed by atoms with Crippen LogP contribution in [0.2, 0.25) is 0 Å². The largest absolute Gasteiger partial charge is 0.489 e. The monoisotopic (exact) mass is 383 g/mol. The number of rotatable bonds is 4. The molecule has 0 saturated carbocycles. The van der Waals surface area contributed by atoms with Crippen LogP contribution in [0.5, 0.6) is 5.75 Å². The molecule has 0 saturated heterocycles. The summed E-state index contributed by atoms with van der Waals surface area (Å²) in [6.45, 7) is 3.86. The first-order valence-electron chi connectivity index (χ1n) is 7.75. The zero-order valence-electron chi connectivity index (χ0n) is 13.8. The molecule has 0 radical (unpaired) electrons. The number of fused-ring (bicyclic) bond motifs is 1. The highest BCUT2D eigenvalue weighted by atomic mass is 32.1. The van der Waals surface area contributed by atoms with Gasteiger partial charge in [-0.05, 0) is 47.8 Å². The zero-order chi connectivity index (χ0) is 18.2. The molecular weight excluding hydrogens is 366 g/mol. The van der Waals surface area contributed by atoms with Crippen molar-refractivity contribution in [3.63, 3.8) is 0 Å². The van der Waals surface area contributed by atoms with Crippen LogP contribution >= 0.6 is 20.6 Å². The van der Waals surface area contributed by atoms with Gasteiger partial charge in [0.05, 0.1) is 0 Å². The third kappa shape index (κ3) is 3.80. The lowest BCUT2D eigenvalue weighted by Crippen LogP contribution is -2.10. The minimum Gasteiger partial charge on any atom is -0.489 e. The number of ether oxygens (including phenoxy) is 1. The number of hydrogen-bond acceptors (Lipinski definition) is 3. The van der Waals surface area contributed by atoms with Gasteiger partial charge in [-0.15, -0.1) is 20.6 Å². The van der Waals surface area contributed by atoms with Gasteiger partial charge in [0.2, 0.25) is 0 Å². The maximum Gasteiger partial charge on any atom is 0.433 e. The molecule has 0 N–H and O–H groups in total. The average molecular weight is 383 g/mol. The van der Waals surface area contributed by atoms with Crippen molar-refractivity contribution in [3.8, 4) is 5.75 Å². The van der Waals surface area contributed by atoms with E-state index in [1.54, 1.807) is 18.3 Å². The molecular formula is C18H17F3NOPS. The highest BCUT2D eigenvalue weighted by Gasteiger charge is 2.32. The molecule has 0 bridgehead atoms. The second-order valence-corrected chi connectivity index (χ2v) is 7.26. The second-order valence-electron chi connectivity index (χ2n) is 5.73. The Bertz CT molecular complexity index is 921. The Hall–Kier alpha value is -1.65. The van der Waals surface area contributed by atoms with Crippen molar-refractivity contribution in [2.45, 2.75) is 33.1 Å². The lowest BCUT2D eigenvalue weighted by atomic mass is 10.1. The lowest BCUT2D eigenvalue weighted by molar-refractivity contribution is -0.141. The Morgan fingerprint density at radius 2 is 1.96 bits per heavy atom. The Balaban J connectivity index is 1.81. The van der Waals surface area contributed by atoms with Crippen molar-refractivity contribution in [1.82, 2.24) is 4.98 Å². The fourth-order valence-corrected chi connectivity index (χ4v) is 4.36. The smallest absolute Gasteiger partial charge is 0.433 e. The molecule has 0 aliphatic heterocycles. The van der Waals surface area contributed by atoms with Crippen LogP contribution in [0.25, 0.3) is 10.1 Å². The Labute approximate surface area is 150 Å². The summed E-state index contributed by atoms with van der Waals surface area (Å²) >= 11 is 1.67. The molecule has 1 unspecified atom stereocenters. The normalized spacial score (nSPS) is 11.9. The van der Waals surface area contributed by atoms with E-state index in [1.165, 1.54) is 17.0 Å². The molecule has 25 heavy (non-hydrogen) atoms. The van der Waals surface area contributed by atoms with Crippen LogP contribution in [0.4, 0.5) is 13.2 Å². The van der Waals surface area contributed by atoms with E-state index >= 15 is 0 Å². The molecule has 0 aliphatic rings. The van der Waals surface area contributed by atoms with Crippen LogP contribution in [0, 0.1) is 6.92 Å². The topological polar surface area (TPSA) is 22.1 Å². The fourth-order valence-electron chi connectivity index (χ4n) is 2.65. The Morgan fingerprint density at radius 1 is 1.20 bits per heavy atom. The van der Waals surface area contributed by atoms with Gasteiger partial charge in [-0.2, -0.15) is 13.2 Å². The number of benzene rings is 1. The second kappa shape index (κ2) is 6.93. The number of halogens is 3. The number of hydrogen-bond donors (Lipinski definition) is 0. The van der Waals surface area contributed by atoms with Gasteiger partial charge in [0.15, 0.2) is 0 Å². The van der Waals surface area contributed by atoms with Crippen molar-refractivity contribution >= 4 is 36.0 Å². The van der Waals surface area contributed by atoms with Crippen molar-refractivity contribution in [3.05, 3.63) is 52.2 Å². The summed E-state index contributed by atoms with van der Waals surface area (Å²) in [6, 6.07) is 6.32. The number of aryl methyl sites for hydroxylation is 2. The molecule has 2 nitrogen and oxygen atoms in total.